The first-order valence-electron chi connectivity index (χ1n) is 6.51. The Balaban J connectivity index is 2.36. The zero-order chi connectivity index (χ0) is 11.3. The van der Waals surface area contributed by atoms with E-state index in [4.69, 9.17) is 0 Å². The second kappa shape index (κ2) is 5.86. The van der Waals surface area contributed by atoms with Gasteiger partial charge >= 0.3 is 0 Å². The lowest BCUT2D eigenvalue weighted by Gasteiger charge is -2.34. The van der Waals surface area contributed by atoms with Crippen LogP contribution in [0.3, 0.4) is 0 Å². The molecule has 90 valence electrons. The predicted octanol–water partition coefficient (Wildman–Crippen LogP) is 2.50. The van der Waals surface area contributed by atoms with Crippen LogP contribution in [-0.4, -0.2) is 37.1 Å². The molecule has 0 aromatic rings. The average Bonchev–Trinajstić information content (AvgIpc) is 2.67. The van der Waals surface area contributed by atoms with E-state index in [1.54, 1.807) is 0 Å². The molecule has 0 spiro atoms. The van der Waals surface area contributed by atoms with Crippen LogP contribution in [0, 0.1) is 5.41 Å². The van der Waals surface area contributed by atoms with Gasteiger partial charge in [0.1, 0.15) is 0 Å². The fraction of sp³-hybridized carbons (Fsp3) is 1.00. The van der Waals surface area contributed by atoms with Crippen molar-refractivity contribution in [2.45, 2.75) is 53.0 Å². The summed E-state index contributed by atoms with van der Waals surface area (Å²) in [6, 6.07) is 0.606. The van der Waals surface area contributed by atoms with Crippen molar-refractivity contribution in [2.75, 3.05) is 26.2 Å². The first-order chi connectivity index (χ1) is 7.06. The minimum Gasteiger partial charge on any atom is -0.314 e. The van der Waals surface area contributed by atoms with E-state index < -0.39 is 0 Å². The normalized spacial score (nSPS) is 22.2. The van der Waals surface area contributed by atoms with Crippen molar-refractivity contribution in [3.8, 4) is 0 Å². The monoisotopic (exact) mass is 212 g/mol. The summed E-state index contributed by atoms with van der Waals surface area (Å²) in [5, 5.41) is 3.58. The Bertz CT molecular complexity index is 173. The molecule has 0 bridgehead atoms. The van der Waals surface area contributed by atoms with E-state index >= 15 is 0 Å². The fourth-order valence-electron chi connectivity index (χ4n) is 2.22. The maximum atomic E-state index is 3.58. The summed E-state index contributed by atoms with van der Waals surface area (Å²) in [5.74, 6) is 0. The molecule has 1 rings (SSSR count). The maximum Gasteiger partial charge on any atom is 0.00474 e. The molecule has 1 saturated heterocycles. The van der Waals surface area contributed by atoms with Gasteiger partial charge in [-0.05, 0) is 37.8 Å². The molecule has 0 saturated carbocycles. The number of rotatable bonds is 6. The highest BCUT2D eigenvalue weighted by Crippen LogP contribution is 2.24. The summed E-state index contributed by atoms with van der Waals surface area (Å²) in [6.45, 7) is 14.2. The van der Waals surface area contributed by atoms with Gasteiger partial charge < -0.3 is 10.2 Å². The molecule has 0 aromatic heterocycles. The van der Waals surface area contributed by atoms with E-state index in [2.05, 4.69) is 37.9 Å². The smallest absolute Gasteiger partial charge is 0.00474 e. The lowest BCUT2D eigenvalue weighted by molar-refractivity contribution is 0.176. The van der Waals surface area contributed by atoms with Gasteiger partial charge in [0.2, 0.25) is 0 Å². The Morgan fingerprint density at radius 1 is 1.27 bits per heavy atom. The highest BCUT2D eigenvalue weighted by Gasteiger charge is 2.26. The topological polar surface area (TPSA) is 15.3 Å². The van der Waals surface area contributed by atoms with Crippen molar-refractivity contribution in [1.82, 2.24) is 10.2 Å². The average molecular weight is 212 g/mol. The van der Waals surface area contributed by atoms with Crippen molar-refractivity contribution in [2.24, 2.45) is 5.41 Å². The molecule has 0 radical (unpaired) electrons. The van der Waals surface area contributed by atoms with Gasteiger partial charge in [0.15, 0.2) is 0 Å². The molecule has 1 heterocycles. The summed E-state index contributed by atoms with van der Waals surface area (Å²) in [4.78, 5) is 2.63. The highest BCUT2D eigenvalue weighted by molar-refractivity contribution is 4.82. The Kier molecular flexibility index (Phi) is 5.07. The molecule has 0 aromatic carbocycles. The van der Waals surface area contributed by atoms with Gasteiger partial charge in [-0.3, -0.25) is 0 Å². The third-order valence-corrected chi connectivity index (χ3v) is 3.59. The quantitative estimate of drug-likeness (QED) is 0.728. The second-order valence-electron chi connectivity index (χ2n) is 5.68. The zero-order valence-electron chi connectivity index (χ0n) is 11.0. The minimum absolute atomic E-state index is 0.453. The van der Waals surface area contributed by atoms with E-state index in [1.807, 2.05) is 0 Å². The van der Waals surface area contributed by atoms with Crippen LogP contribution < -0.4 is 5.32 Å². The van der Waals surface area contributed by atoms with Gasteiger partial charge in [-0.25, -0.2) is 0 Å². The molecular formula is C13H28N2. The van der Waals surface area contributed by atoms with E-state index in [1.165, 1.54) is 38.9 Å². The van der Waals surface area contributed by atoms with Crippen molar-refractivity contribution in [1.29, 1.82) is 0 Å². The van der Waals surface area contributed by atoms with Crippen LogP contribution in [0.5, 0.6) is 0 Å². The van der Waals surface area contributed by atoms with Crippen LogP contribution in [0.15, 0.2) is 0 Å². The molecule has 1 fully saturated rings. The molecule has 1 N–H and O–H groups in total. The van der Waals surface area contributed by atoms with Crippen LogP contribution >= 0.6 is 0 Å². The molecule has 0 aliphatic carbocycles. The summed E-state index contributed by atoms with van der Waals surface area (Å²) in [6.07, 6.45) is 4.07. The fourth-order valence-corrected chi connectivity index (χ4v) is 2.22. The Labute approximate surface area is 95.4 Å². The molecular weight excluding hydrogens is 184 g/mol. The Morgan fingerprint density at radius 2 is 1.87 bits per heavy atom. The van der Waals surface area contributed by atoms with Crippen LogP contribution in [-0.2, 0) is 0 Å². The number of nitrogens with one attached hydrogen (secondary N) is 1. The lowest BCUT2D eigenvalue weighted by Crippen LogP contribution is -2.42. The molecule has 1 atom stereocenters. The highest BCUT2D eigenvalue weighted by atomic mass is 15.1. The summed E-state index contributed by atoms with van der Waals surface area (Å²) in [5.41, 5.74) is 0.453. The summed E-state index contributed by atoms with van der Waals surface area (Å²) < 4.78 is 0. The van der Waals surface area contributed by atoms with Gasteiger partial charge in [-0.15, -0.1) is 0 Å². The van der Waals surface area contributed by atoms with Crippen molar-refractivity contribution >= 4 is 0 Å². The number of likely N-dealkylation sites (tertiary alicyclic amines) is 1. The van der Waals surface area contributed by atoms with E-state index in [0.717, 1.165) is 6.54 Å². The third-order valence-electron chi connectivity index (χ3n) is 3.59. The molecule has 15 heavy (non-hydrogen) atoms. The SMILES string of the molecule is CCC(C)(CNC(C)C)CN1CCCC1. The van der Waals surface area contributed by atoms with Crippen LogP contribution in [0.2, 0.25) is 0 Å². The standard InChI is InChI=1S/C13H28N2/c1-5-13(4,10-14-12(2)3)11-15-8-6-7-9-15/h12,14H,5-11H2,1-4H3. The van der Waals surface area contributed by atoms with Crippen LogP contribution in [0.25, 0.3) is 0 Å². The molecule has 2 heteroatoms. The van der Waals surface area contributed by atoms with Crippen LogP contribution in [0.4, 0.5) is 0 Å². The van der Waals surface area contributed by atoms with Gasteiger partial charge in [0.25, 0.3) is 0 Å². The zero-order valence-corrected chi connectivity index (χ0v) is 11.0. The summed E-state index contributed by atoms with van der Waals surface area (Å²) in [7, 11) is 0. The van der Waals surface area contributed by atoms with Crippen molar-refractivity contribution < 1.29 is 0 Å². The first-order valence-corrected chi connectivity index (χ1v) is 6.51. The number of nitrogens with zero attached hydrogens (tertiary/aromatic N) is 1. The van der Waals surface area contributed by atoms with Gasteiger partial charge in [-0.2, -0.15) is 0 Å². The van der Waals surface area contributed by atoms with E-state index in [-0.39, 0.29) is 0 Å². The van der Waals surface area contributed by atoms with E-state index in [0.29, 0.717) is 11.5 Å². The van der Waals surface area contributed by atoms with Crippen molar-refractivity contribution in [3.05, 3.63) is 0 Å². The largest absolute Gasteiger partial charge is 0.314 e. The van der Waals surface area contributed by atoms with Gasteiger partial charge in [0, 0.05) is 19.1 Å². The number of hydrogen-bond acceptors (Lipinski definition) is 2. The van der Waals surface area contributed by atoms with Crippen LogP contribution in [0.1, 0.15) is 47.0 Å². The molecule has 1 unspecified atom stereocenters. The molecule has 1 aliphatic rings. The first kappa shape index (κ1) is 13.0. The minimum atomic E-state index is 0.453. The predicted molar refractivity (Wildman–Crippen MR) is 67.2 cm³/mol. The molecule has 1 aliphatic heterocycles. The molecule has 0 amide bonds. The Morgan fingerprint density at radius 3 is 2.33 bits per heavy atom. The summed E-state index contributed by atoms with van der Waals surface area (Å²) >= 11 is 0. The van der Waals surface area contributed by atoms with E-state index in [9.17, 15) is 0 Å². The maximum absolute atomic E-state index is 3.58. The van der Waals surface area contributed by atoms with Gasteiger partial charge in [0.05, 0.1) is 0 Å². The third kappa shape index (κ3) is 4.52. The molecule has 2 nitrogen and oxygen atoms in total. The van der Waals surface area contributed by atoms with Crippen molar-refractivity contribution in [3.63, 3.8) is 0 Å². The lowest BCUT2D eigenvalue weighted by atomic mass is 9.86. The van der Waals surface area contributed by atoms with Gasteiger partial charge in [-0.1, -0.05) is 27.7 Å². The Hall–Kier alpha value is -0.0800. The second-order valence-corrected chi connectivity index (χ2v) is 5.68. The number of hydrogen-bond donors (Lipinski definition) is 1.